The zero-order valence-corrected chi connectivity index (χ0v) is 14.7. The molecule has 1 aromatic carbocycles. The molecule has 1 amide bonds. The van der Waals surface area contributed by atoms with Gasteiger partial charge in [0.2, 0.25) is 0 Å². The van der Waals surface area contributed by atoms with Gasteiger partial charge in [-0.05, 0) is 81.8 Å². The number of amides is 1. The summed E-state index contributed by atoms with van der Waals surface area (Å²) in [7, 11) is 0. The van der Waals surface area contributed by atoms with E-state index in [9.17, 15) is 13.6 Å². The fourth-order valence-electron chi connectivity index (χ4n) is 6.32. The van der Waals surface area contributed by atoms with Crippen LogP contribution in [-0.2, 0) is 4.79 Å². The van der Waals surface area contributed by atoms with Crippen molar-refractivity contribution >= 4 is 11.6 Å². The third-order valence-electron chi connectivity index (χ3n) is 7.07. The van der Waals surface area contributed by atoms with E-state index in [-0.39, 0.29) is 11.9 Å². The first kappa shape index (κ1) is 15.6. The van der Waals surface area contributed by atoms with Gasteiger partial charge < -0.3 is 0 Å². The molecule has 0 N–H and O–H groups in total. The van der Waals surface area contributed by atoms with E-state index in [1.54, 1.807) is 5.01 Å². The molecule has 4 saturated carbocycles. The maximum Gasteiger partial charge on any atom is 0.268 e. The molecule has 5 aliphatic rings. The molecule has 0 spiro atoms. The summed E-state index contributed by atoms with van der Waals surface area (Å²) in [5.74, 6) is 1.57. The molecule has 25 heavy (non-hydrogen) atoms. The molecule has 3 nitrogen and oxygen atoms in total. The van der Waals surface area contributed by atoms with Crippen LogP contribution in [0.5, 0.6) is 0 Å². The van der Waals surface area contributed by atoms with Gasteiger partial charge >= 0.3 is 0 Å². The molecular formula is C20H24F2N2O. The molecule has 134 valence electrons. The SMILES string of the molecule is CC1(C)C(=O)N(C2C3CC4CC(C3)CC2C4)N1c1ccc(F)cc1F. The predicted molar refractivity (Wildman–Crippen MR) is 90.6 cm³/mol. The molecule has 1 saturated heterocycles. The van der Waals surface area contributed by atoms with E-state index in [1.165, 1.54) is 44.2 Å². The van der Waals surface area contributed by atoms with Gasteiger partial charge in [0.15, 0.2) is 5.82 Å². The lowest BCUT2D eigenvalue weighted by molar-refractivity contribution is -0.170. The summed E-state index contributed by atoms with van der Waals surface area (Å²) in [5, 5.41) is 3.61. The van der Waals surface area contributed by atoms with Crippen LogP contribution in [0.15, 0.2) is 18.2 Å². The van der Waals surface area contributed by atoms with E-state index in [2.05, 4.69) is 0 Å². The lowest BCUT2D eigenvalue weighted by Crippen LogP contribution is -2.80. The van der Waals surface area contributed by atoms with E-state index in [1.807, 2.05) is 18.9 Å². The van der Waals surface area contributed by atoms with Crippen molar-refractivity contribution in [1.82, 2.24) is 5.01 Å². The van der Waals surface area contributed by atoms with Crippen molar-refractivity contribution < 1.29 is 13.6 Å². The number of halogens is 2. The third kappa shape index (κ3) is 2.04. The highest BCUT2D eigenvalue weighted by molar-refractivity contribution is 5.98. The summed E-state index contributed by atoms with van der Waals surface area (Å²) in [5.41, 5.74) is -0.479. The van der Waals surface area contributed by atoms with Crippen LogP contribution in [0.3, 0.4) is 0 Å². The molecule has 0 aromatic heterocycles. The summed E-state index contributed by atoms with van der Waals surface area (Å²) in [4.78, 5) is 13.0. The van der Waals surface area contributed by atoms with E-state index in [0.717, 1.165) is 17.9 Å². The number of hydrogen-bond donors (Lipinski definition) is 0. The Morgan fingerprint density at radius 2 is 1.60 bits per heavy atom. The summed E-state index contributed by atoms with van der Waals surface area (Å²) in [6.07, 6.45) is 6.14. The van der Waals surface area contributed by atoms with Crippen LogP contribution in [0.4, 0.5) is 14.5 Å². The van der Waals surface area contributed by atoms with Crippen LogP contribution in [0.2, 0.25) is 0 Å². The number of rotatable bonds is 2. The molecule has 0 radical (unpaired) electrons. The van der Waals surface area contributed by atoms with Crippen LogP contribution in [-0.4, -0.2) is 22.5 Å². The van der Waals surface area contributed by atoms with E-state index in [4.69, 9.17) is 0 Å². The van der Waals surface area contributed by atoms with Gasteiger partial charge in [0.25, 0.3) is 5.91 Å². The highest BCUT2D eigenvalue weighted by atomic mass is 19.1. The van der Waals surface area contributed by atoms with Crippen molar-refractivity contribution in [3.8, 4) is 0 Å². The smallest absolute Gasteiger partial charge is 0.268 e. The molecular weight excluding hydrogens is 322 g/mol. The van der Waals surface area contributed by atoms with Crippen LogP contribution in [0.1, 0.15) is 46.0 Å². The molecule has 0 atom stereocenters. The minimum absolute atomic E-state index is 0.0636. The van der Waals surface area contributed by atoms with Gasteiger partial charge in [0.1, 0.15) is 11.4 Å². The molecule has 5 heteroatoms. The fraction of sp³-hybridized carbons (Fsp3) is 0.650. The Morgan fingerprint density at radius 3 is 2.16 bits per heavy atom. The Balaban J connectivity index is 1.53. The lowest BCUT2D eigenvalue weighted by atomic mass is 9.53. The van der Waals surface area contributed by atoms with Gasteiger partial charge in [-0.2, -0.15) is 0 Å². The molecule has 4 bridgehead atoms. The molecule has 4 aliphatic carbocycles. The zero-order chi connectivity index (χ0) is 17.5. The van der Waals surface area contributed by atoms with Crippen molar-refractivity contribution in [2.45, 2.75) is 57.5 Å². The van der Waals surface area contributed by atoms with Crippen molar-refractivity contribution in [3.63, 3.8) is 0 Å². The third-order valence-corrected chi connectivity index (χ3v) is 7.07. The minimum Gasteiger partial charge on any atom is -0.270 e. The second-order valence-electron chi connectivity index (χ2n) is 9.04. The Labute approximate surface area is 146 Å². The molecule has 1 heterocycles. The normalized spacial score (nSPS) is 38.2. The number of carbonyl (C=O) groups excluding carboxylic acids is 1. The van der Waals surface area contributed by atoms with Gasteiger partial charge in [-0.3, -0.25) is 9.80 Å². The lowest BCUT2D eigenvalue weighted by Gasteiger charge is -2.65. The van der Waals surface area contributed by atoms with Gasteiger partial charge in [-0.1, -0.05) is 0 Å². The van der Waals surface area contributed by atoms with Gasteiger partial charge in [0.05, 0.1) is 11.7 Å². The molecule has 6 rings (SSSR count). The minimum atomic E-state index is -0.784. The highest BCUT2D eigenvalue weighted by Gasteiger charge is 2.61. The molecule has 1 aromatic rings. The summed E-state index contributed by atoms with van der Waals surface area (Å²) >= 11 is 0. The summed E-state index contributed by atoms with van der Waals surface area (Å²) in [6.45, 7) is 3.65. The number of nitrogens with zero attached hydrogens (tertiary/aromatic N) is 2. The summed E-state index contributed by atoms with van der Waals surface area (Å²) < 4.78 is 27.8. The Morgan fingerprint density at radius 1 is 1.00 bits per heavy atom. The van der Waals surface area contributed by atoms with Crippen LogP contribution < -0.4 is 5.01 Å². The monoisotopic (exact) mass is 346 g/mol. The van der Waals surface area contributed by atoms with Crippen molar-refractivity contribution in [1.29, 1.82) is 0 Å². The van der Waals surface area contributed by atoms with Crippen molar-refractivity contribution in [2.75, 3.05) is 5.01 Å². The van der Waals surface area contributed by atoms with Gasteiger partial charge in [-0.25, -0.2) is 13.8 Å². The van der Waals surface area contributed by atoms with E-state index < -0.39 is 17.2 Å². The molecule has 5 fully saturated rings. The number of hydrogen-bond acceptors (Lipinski definition) is 2. The van der Waals surface area contributed by atoms with E-state index in [0.29, 0.717) is 17.5 Å². The fourth-order valence-corrected chi connectivity index (χ4v) is 6.32. The van der Waals surface area contributed by atoms with Crippen LogP contribution >= 0.6 is 0 Å². The first-order valence-electron chi connectivity index (χ1n) is 9.45. The highest BCUT2D eigenvalue weighted by Crippen LogP contribution is 2.57. The first-order valence-corrected chi connectivity index (χ1v) is 9.45. The van der Waals surface area contributed by atoms with Gasteiger partial charge in [-0.15, -0.1) is 0 Å². The zero-order valence-electron chi connectivity index (χ0n) is 14.7. The summed E-state index contributed by atoms with van der Waals surface area (Å²) in [6, 6.07) is 3.81. The van der Waals surface area contributed by atoms with Crippen LogP contribution in [0, 0.1) is 35.3 Å². The second kappa shape index (κ2) is 4.95. The first-order chi connectivity index (χ1) is 11.9. The Hall–Kier alpha value is -1.65. The quantitative estimate of drug-likeness (QED) is 0.804. The largest absolute Gasteiger partial charge is 0.270 e. The maximum absolute atomic E-state index is 14.5. The Bertz CT molecular complexity index is 719. The van der Waals surface area contributed by atoms with Crippen molar-refractivity contribution in [2.24, 2.45) is 23.7 Å². The average Bonchev–Trinajstić information content (AvgIpc) is 2.54. The van der Waals surface area contributed by atoms with Crippen LogP contribution in [0.25, 0.3) is 0 Å². The molecule has 0 unspecified atom stereocenters. The average molecular weight is 346 g/mol. The standard InChI is InChI=1S/C20H24F2N2O/c1-20(2)19(25)23(24(20)17-4-3-15(21)10-16(17)22)18-13-6-11-5-12(8-13)9-14(18)7-11/h3-4,10-14,18H,5-9H2,1-2H3. The second-order valence-corrected chi connectivity index (χ2v) is 9.04. The topological polar surface area (TPSA) is 23.6 Å². The van der Waals surface area contributed by atoms with Gasteiger partial charge in [0, 0.05) is 6.07 Å². The van der Waals surface area contributed by atoms with Crippen molar-refractivity contribution in [3.05, 3.63) is 29.8 Å². The number of carbonyl (C=O) groups is 1. The number of anilines is 1. The Kier molecular flexibility index (Phi) is 3.09. The maximum atomic E-state index is 14.5. The van der Waals surface area contributed by atoms with E-state index >= 15 is 0 Å². The molecule has 1 aliphatic heterocycles. The predicted octanol–water partition coefficient (Wildman–Crippen LogP) is 4.13. The number of benzene rings is 1. The number of hydrazine groups is 1.